The van der Waals surface area contributed by atoms with Crippen LogP contribution in [0.25, 0.3) is 0 Å². The van der Waals surface area contributed by atoms with Crippen molar-refractivity contribution in [2.45, 2.75) is 12.5 Å². The van der Waals surface area contributed by atoms with Crippen molar-refractivity contribution >= 4 is 23.4 Å². The lowest BCUT2D eigenvalue weighted by Crippen LogP contribution is -2.32. The molecule has 0 saturated heterocycles. The molecule has 3 N–H and O–H groups in total. The smallest absolute Gasteiger partial charge is 0.320 e. The molecule has 0 radical (unpaired) electrons. The molecular weight excluding hydrogens is 158 g/mol. The second-order valence-electron chi connectivity index (χ2n) is 1.82. The van der Waals surface area contributed by atoms with Gasteiger partial charge in [-0.15, -0.1) is 11.6 Å². The van der Waals surface area contributed by atoms with Gasteiger partial charge >= 0.3 is 5.97 Å². The summed E-state index contributed by atoms with van der Waals surface area (Å²) in [5.41, 5.74) is 5.01. The van der Waals surface area contributed by atoms with Crippen molar-refractivity contribution in [3.05, 3.63) is 0 Å². The number of carboxylic acid groups (broad SMARTS) is 1. The Morgan fingerprint density at radius 3 is 2.40 bits per heavy atom. The highest BCUT2D eigenvalue weighted by Gasteiger charge is 2.14. The van der Waals surface area contributed by atoms with E-state index in [1.165, 1.54) is 0 Å². The number of nitrogens with two attached hydrogens (primary N) is 1. The zero-order chi connectivity index (χ0) is 8.15. The Hall–Kier alpha value is -0.610. The van der Waals surface area contributed by atoms with Crippen molar-refractivity contribution in [2.24, 2.45) is 5.73 Å². The van der Waals surface area contributed by atoms with Crippen LogP contribution in [0, 0.1) is 0 Å². The summed E-state index contributed by atoms with van der Waals surface area (Å²) < 4.78 is 0. The molecule has 4 nitrogen and oxygen atoms in total. The predicted octanol–water partition coefficient (Wildman–Crippen LogP) is -0.404. The standard InChI is InChI=1S/C5H8ClNO3/c6-2-3(8)1-4(7)5(9)10/h4H,1-2,7H2,(H,9,10)/t4-/m1/s1. The Morgan fingerprint density at radius 2 is 2.10 bits per heavy atom. The fourth-order valence-corrected chi connectivity index (χ4v) is 0.496. The highest BCUT2D eigenvalue weighted by molar-refractivity contribution is 6.27. The quantitative estimate of drug-likeness (QED) is 0.556. The summed E-state index contributed by atoms with van der Waals surface area (Å²) in [4.78, 5) is 20.5. The molecule has 0 aliphatic rings. The van der Waals surface area contributed by atoms with Crippen molar-refractivity contribution in [3.8, 4) is 0 Å². The van der Waals surface area contributed by atoms with Crippen LogP contribution in [0.3, 0.4) is 0 Å². The van der Waals surface area contributed by atoms with Crippen LogP contribution in [0.5, 0.6) is 0 Å². The summed E-state index contributed by atoms with van der Waals surface area (Å²) in [6, 6.07) is -1.12. The molecule has 0 amide bonds. The third-order valence-corrected chi connectivity index (χ3v) is 1.21. The van der Waals surface area contributed by atoms with Crippen molar-refractivity contribution in [1.29, 1.82) is 0 Å². The lowest BCUT2D eigenvalue weighted by molar-refractivity contribution is -0.140. The highest BCUT2D eigenvalue weighted by atomic mass is 35.5. The number of ketones is 1. The lowest BCUT2D eigenvalue weighted by atomic mass is 10.2. The minimum Gasteiger partial charge on any atom is -0.480 e. The van der Waals surface area contributed by atoms with Crippen LogP contribution in [0.1, 0.15) is 6.42 Å². The van der Waals surface area contributed by atoms with Gasteiger partial charge in [-0.2, -0.15) is 0 Å². The van der Waals surface area contributed by atoms with Crippen molar-refractivity contribution in [1.82, 2.24) is 0 Å². The van der Waals surface area contributed by atoms with Gasteiger partial charge in [0.15, 0.2) is 0 Å². The SMILES string of the molecule is N[C@H](CC(=O)CCl)C(=O)O. The molecule has 0 spiro atoms. The first-order valence-electron chi connectivity index (χ1n) is 2.64. The molecule has 10 heavy (non-hydrogen) atoms. The monoisotopic (exact) mass is 165 g/mol. The Kier molecular flexibility index (Phi) is 3.99. The van der Waals surface area contributed by atoms with Crippen LogP contribution in [-0.4, -0.2) is 28.8 Å². The van der Waals surface area contributed by atoms with E-state index in [0.29, 0.717) is 0 Å². The van der Waals surface area contributed by atoms with Crippen LogP contribution in [0.4, 0.5) is 0 Å². The maximum absolute atomic E-state index is 10.5. The van der Waals surface area contributed by atoms with E-state index in [4.69, 9.17) is 22.4 Å². The minimum atomic E-state index is -1.18. The molecule has 58 valence electrons. The van der Waals surface area contributed by atoms with E-state index < -0.39 is 12.0 Å². The van der Waals surface area contributed by atoms with Gasteiger partial charge in [0.1, 0.15) is 11.8 Å². The van der Waals surface area contributed by atoms with Gasteiger partial charge in [0.2, 0.25) is 0 Å². The molecule has 0 aliphatic carbocycles. The first-order valence-corrected chi connectivity index (χ1v) is 3.17. The molecule has 0 aromatic rings. The fraction of sp³-hybridized carbons (Fsp3) is 0.600. The number of carboxylic acids is 1. The predicted molar refractivity (Wildman–Crippen MR) is 36.0 cm³/mol. The Labute approximate surface area is 63.0 Å². The fourth-order valence-electron chi connectivity index (χ4n) is 0.387. The number of carbonyl (C=O) groups excluding carboxylic acids is 1. The van der Waals surface area contributed by atoms with Gasteiger partial charge in [-0.25, -0.2) is 0 Å². The molecule has 0 aliphatic heterocycles. The van der Waals surface area contributed by atoms with Gasteiger partial charge < -0.3 is 10.8 Å². The number of alkyl halides is 1. The molecule has 5 heteroatoms. The third-order valence-electron chi connectivity index (χ3n) is 0.914. The average Bonchev–Trinajstić information content (AvgIpc) is 1.87. The van der Waals surface area contributed by atoms with Gasteiger partial charge in [0, 0.05) is 6.42 Å². The van der Waals surface area contributed by atoms with E-state index in [1.807, 2.05) is 0 Å². The maximum atomic E-state index is 10.5. The Bertz CT molecular complexity index is 148. The zero-order valence-corrected chi connectivity index (χ0v) is 5.97. The number of aliphatic carboxylic acids is 1. The summed E-state index contributed by atoms with van der Waals surface area (Å²) in [5.74, 6) is -1.71. The van der Waals surface area contributed by atoms with Crippen molar-refractivity contribution < 1.29 is 14.7 Å². The molecule has 0 bridgehead atoms. The number of rotatable bonds is 4. The summed E-state index contributed by atoms with van der Waals surface area (Å²) >= 11 is 5.10. The molecule has 0 aromatic carbocycles. The summed E-state index contributed by atoms with van der Waals surface area (Å²) in [6.07, 6.45) is -0.196. The second kappa shape index (κ2) is 4.24. The largest absolute Gasteiger partial charge is 0.480 e. The molecular formula is C5H8ClNO3. The molecule has 0 saturated carbocycles. The molecule has 0 fully saturated rings. The number of hydrogen-bond acceptors (Lipinski definition) is 3. The van der Waals surface area contributed by atoms with Crippen LogP contribution in [0.15, 0.2) is 0 Å². The van der Waals surface area contributed by atoms with E-state index in [-0.39, 0.29) is 18.1 Å². The molecule has 0 heterocycles. The topological polar surface area (TPSA) is 80.4 Å². The van der Waals surface area contributed by atoms with Gasteiger partial charge in [-0.3, -0.25) is 9.59 Å². The van der Waals surface area contributed by atoms with E-state index >= 15 is 0 Å². The second-order valence-corrected chi connectivity index (χ2v) is 2.09. The highest BCUT2D eigenvalue weighted by Crippen LogP contribution is 1.91. The van der Waals surface area contributed by atoms with Crippen molar-refractivity contribution in [3.63, 3.8) is 0 Å². The number of Topliss-reactive ketones (excluding diaryl/α,β-unsaturated/α-hetero) is 1. The molecule has 1 atom stereocenters. The van der Waals surface area contributed by atoms with E-state index in [1.54, 1.807) is 0 Å². The minimum absolute atomic E-state index is 0.180. The molecule has 0 unspecified atom stereocenters. The van der Waals surface area contributed by atoms with Gasteiger partial charge in [-0.05, 0) is 0 Å². The zero-order valence-electron chi connectivity index (χ0n) is 5.21. The maximum Gasteiger partial charge on any atom is 0.320 e. The first-order chi connectivity index (χ1) is 4.57. The number of carbonyl (C=O) groups is 2. The van der Waals surface area contributed by atoms with E-state index in [0.717, 1.165) is 0 Å². The summed E-state index contributed by atoms with van der Waals surface area (Å²) in [5, 5.41) is 8.21. The number of halogens is 1. The third kappa shape index (κ3) is 3.42. The van der Waals surface area contributed by atoms with Crippen molar-refractivity contribution in [2.75, 3.05) is 5.88 Å². The number of hydrogen-bond donors (Lipinski definition) is 2. The Balaban J connectivity index is 3.68. The summed E-state index contributed by atoms with van der Waals surface area (Å²) in [7, 11) is 0. The van der Waals surface area contributed by atoms with Crippen LogP contribution < -0.4 is 5.73 Å². The van der Waals surface area contributed by atoms with E-state index in [2.05, 4.69) is 0 Å². The lowest BCUT2D eigenvalue weighted by Gasteiger charge is -2.01. The van der Waals surface area contributed by atoms with E-state index in [9.17, 15) is 9.59 Å². The van der Waals surface area contributed by atoms with Gasteiger partial charge in [0.05, 0.1) is 5.88 Å². The normalized spacial score (nSPS) is 12.6. The van der Waals surface area contributed by atoms with Gasteiger partial charge in [0.25, 0.3) is 0 Å². The van der Waals surface area contributed by atoms with Crippen LogP contribution in [0.2, 0.25) is 0 Å². The molecule has 0 rings (SSSR count). The average molecular weight is 166 g/mol. The van der Waals surface area contributed by atoms with Gasteiger partial charge in [-0.1, -0.05) is 0 Å². The first kappa shape index (κ1) is 9.39. The van der Waals surface area contributed by atoms with Crippen LogP contribution in [-0.2, 0) is 9.59 Å². The summed E-state index contributed by atoms with van der Waals surface area (Å²) in [6.45, 7) is 0. The van der Waals surface area contributed by atoms with Crippen LogP contribution >= 0.6 is 11.6 Å². The Morgan fingerprint density at radius 1 is 1.60 bits per heavy atom. The molecule has 0 aromatic heterocycles.